The Morgan fingerprint density at radius 1 is 1.26 bits per heavy atom. The number of aromatic amines is 1. The molecule has 1 aromatic heterocycles. The molecule has 0 bridgehead atoms. The molecule has 1 amide bonds. The van der Waals surface area contributed by atoms with E-state index >= 15 is 0 Å². The summed E-state index contributed by atoms with van der Waals surface area (Å²) < 4.78 is 1.02. The molecule has 0 spiro atoms. The molecule has 0 fully saturated rings. The Balaban J connectivity index is 2.55. The van der Waals surface area contributed by atoms with E-state index in [9.17, 15) is 19.5 Å². The van der Waals surface area contributed by atoms with Gasteiger partial charge in [0.25, 0.3) is 5.56 Å². The van der Waals surface area contributed by atoms with Crippen molar-refractivity contribution in [3.8, 4) is 11.6 Å². The predicted octanol–water partition coefficient (Wildman–Crippen LogP) is 1.96. The predicted molar refractivity (Wildman–Crippen MR) is 104 cm³/mol. The molecule has 3 N–H and O–H groups in total. The van der Waals surface area contributed by atoms with E-state index in [4.69, 9.17) is 0 Å². The molecule has 2 rings (SSSR count). The number of hydrogen-bond acceptors (Lipinski definition) is 5. The first-order valence-corrected chi connectivity index (χ1v) is 8.90. The van der Waals surface area contributed by atoms with Crippen molar-refractivity contribution in [2.75, 3.05) is 0 Å². The van der Waals surface area contributed by atoms with E-state index in [1.54, 1.807) is 38.1 Å². The second-order valence-corrected chi connectivity index (χ2v) is 6.13. The summed E-state index contributed by atoms with van der Waals surface area (Å²) in [5, 5.41) is 14.7. The number of H-pyrrole nitrogens is 1. The van der Waals surface area contributed by atoms with Gasteiger partial charge >= 0.3 is 5.69 Å². The summed E-state index contributed by atoms with van der Waals surface area (Å²) in [4.78, 5) is 38.6. The Bertz CT molecular complexity index is 972. The van der Waals surface area contributed by atoms with Crippen molar-refractivity contribution in [2.45, 2.75) is 46.5 Å². The average molecular weight is 372 g/mol. The zero-order valence-corrected chi connectivity index (χ0v) is 15.7. The minimum atomic E-state index is -0.759. The van der Waals surface area contributed by atoms with Crippen LogP contribution in [0.1, 0.15) is 50.7 Å². The normalized spacial score (nSPS) is 11.4. The van der Waals surface area contributed by atoms with Gasteiger partial charge in [-0.2, -0.15) is 5.10 Å². The van der Waals surface area contributed by atoms with Crippen LogP contribution in [0.3, 0.4) is 0 Å². The molecule has 2 aromatic rings. The van der Waals surface area contributed by atoms with Crippen molar-refractivity contribution < 1.29 is 9.90 Å². The van der Waals surface area contributed by atoms with Crippen LogP contribution in [0.15, 0.2) is 39.0 Å². The Morgan fingerprint density at radius 3 is 2.59 bits per heavy atom. The lowest BCUT2D eigenvalue weighted by Gasteiger charge is -2.14. The van der Waals surface area contributed by atoms with Crippen molar-refractivity contribution in [2.24, 2.45) is 5.10 Å². The van der Waals surface area contributed by atoms with Crippen LogP contribution in [0.4, 0.5) is 0 Å². The van der Waals surface area contributed by atoms with Gasteiger partial charge < -0.3 is 5.11 Å². The monoisotopic (exact) mass is 372 g/mol. The number of carbonyl (C=O) groups excluding carboxylic acids is 1. The smallest absolute Gasteiger partial charge is 0.335 e. The SMILES string of the molecule is CCCCC(=O)N/N=C(/CC)c1c(O)n(-c2ccccc2C)c(=O)[nH]c1=O. The van der Waals surface area contributed by atoms with Crippen LogP contribution in [0.2, 0.25) is 0 Å². The molecule has 0 aliphatic heterocycles. The van der Waals surface area contributed by atoms with Crippen LogP contribution in [-0.4, -0.2) is 26.3 Å². The van der Waals surface area contributed by atoms with E-state index in [1.165, 1.54) is 0 Å². The number of aromatic nitrogens is 2. The molecule has 0 aliphatic carbocycles. The maximum atomic E-state index is 12.3. The zero-order valence-electron chi connectivity index (χ0n) is 15.7. The maximum absolute atomic E-state index is 12.3. The molecule has 0 unspecified atom stereocenters. The number of amides is 1. The van der Waals surface area contributed by atoms with Crippen LogP contribution in [0.25, 0.3) is 5.69 Å². The molecule has 0 atom stereocenters. The molecular weight excluding hydrogens is 348 g/mol. The van der Waals surface area contributed by atoms with Gasteiger partial charge in [0.05, 0.1) is 11.4 Å². The lowest BCUT2D eigenvalue weighted by Crippen LogP contribution is -2.34. The molecule has 0 saturated carbocycles. The number of nitrogens with zero attached hydrogens (tertiary/aromatic N) is 2. The highest BCUT2D eigenvalue weighted by Gasteiger charge is 2.20. The van der Waals surface area contributed by atoms with E-state index in [2.05, 4.69) is 15.5 Å². The first-order chi connectivity index (χ1) is 12.9. The van der Waals surface area contributed by atoms with Gasteiger partial charge in [-0.25, -0.2) is 14.8 Å². The quantitative estimate of drug-likeness (QED) is 0.509. The average Bonchev–Trinajstić information content (AvgIpc) is 2.63. The number of aryl methyl sites for hydroxylation is 1. The van der Waals surface area contributed by atoms with E-state index in [0.29, 0.717) is 12.1 Å². The van der Waals surface area contributed by atoms with Crippen molar-refractivity contribution in [1.82, 2.24) is 15.0 Å². The molecule has 1 aromatic carbocycles. The minimum absolute atomic E-state index is 0.142. The Hall–Kier alpha value is -3.16. The van der Waals surface area contributed by atoms with Gasteiger partial charge in [-0.05, 0) is 31.4 Å². The second kappa shape index (κ2) is 8.98. The third-order valence-electron chi connectivity index (χ3n) is 4.14. The molecule has 1 heterocycles. The molecule has 0 radical (unpaired) electrons. The number of carbonyl (C=O) groups is 1. The lowest BCUT2D eigenvalue weighted by atomic mass is 10.1. The summed E-state index contributed by atoms with van der Waals surface area (Å²) in [6.07, 6.45) is 2.20. The summed E-state index contributed by atoms with van der Waals surface area (Å²) in [7, 11) is 0. The van der Waals surface area contributed by atoms with Crippen LogP contribution in [0, 0.1) is 6.92 Å². The molecule has 144 valence electrons. The highest BCUT2D eigenvalue weighted by Crippen LogP contribution is 2.20. The van der Waals surface area contributed by atoms with Crippen molar-refractivity contribution >= 4 is 11.6 Å². The van der Waals surface area contributed by atoms with Crippen LogP contribution >= 0.6 is 0 Å². The first kappa shape index (κ1) is 20.2. The number of benzene rings is 1. The van der Waals surface area contributed by atoms with Gasteiger partial charge in [0, 0.05) is 6.42 Å². The minimum Gasteiger partial charge on any atom is -0.493 e. The lowest BCUT2D eigenvalue weighted by molar-refractivity contribution is -0.121. The first-order valence-electron chi connectivity index (χ1n) is 8.90. The van der Waals surface area contributed by atoms with Crippen LogP contribution in [0.5, 0.6) is 5.88 Å². The summed E-state index contributed by atoms with van der Waals surface area (Å²) in [6.45, 7) is 5.49. The van der Waals surface area contributed by atoms with Crippen LogP contribution in [-0.2, 0) is 4.79 Å². The van der Waals surface area contributed by atoms with E-state index in [0.717, 1.165) is 23.0 Å². The van der Waals surface area contributed by atoms with E-state index in [1.807, 2.05) is 6.92 Å². The largest absolute Gasteiger partial charge is 0.493 e. The molecule has 8 nitrogen and oxygen atoms in total. The highest BCUT2D eigenvalue weighted by molar-refractivity contribution is 6.02. The fraction of sp³-hybridized carbons (Fsp3) is 0.368. The van der Waals surface area contributed by atoms with E-state index < -0.39 is 17.1 Å². The number of hydrazone groups is 1. The summed E-state index contributed by atoms with van der Waals surface area (Å²) in [5.41, 5.74) is 2.12. The Labute approximate surface area is 156 Å². The van der Waals surface area contributed by atoms with E-state index in [-0.39, 0.29) is 23.6 Å². The topological polar surface area (TPSA) is 117 Å². The number of unbranched alkanes of at least 4 members (excludes halogenated alkanes) is 1. The van der Waals surface area contributed by atoms with Crippen molar-refractivity contribution in [3.63, 3.8) is 0 Å². The van der Waals surface area contributed by atoms with Gasteiger partial charge in [-0.15, -0.1) is 0 Å². The van der Waals surface area contributed by atoms with Gasteiger partial charge in [0.2, 0.25) is 11.8 Å². The number of aromatic hydroxyl groups is 1. The van der Waals surface area contributed by atoms with Crippen molar-refractivity contribution in [1.29, 1.82) is 0 Å². The summed E-state index contributed by atoms with van der Waals surface area (Å²) in [6, 6.07) is 6.97. The fourth-order valence-corrected chi connectivity index (χ4v) is 2.66. The molecule has 0 aliphatic rings. The van der Waals surface area contributed by atoms with Gasteiger partial charge in [0.1, 0.15) is 5.56 Å². The Morgan fingerprint density at radius 2 is 1.96 bits per heavy atom. The third-order valence-corrected chi connectivity index (χ3v) is 4.14. The number of rotatable bonds is 7. The van der Waals surface area contributed by atoms with Gasteiger partial charge in [-0.3, -0.25) is 14.6 Å². The molecule has 27 heavy (non-hydrogen) atoms. The fourth-order valence-electron chi connectivity index (χ4n) is 2.66. The third kappa shape index (κ3) is 4.52. The standard InChI is InChI=1S/C19H24N4O4/c1-4-6-11-15(24)22-21-13(5-2)16-17(25)20-19(27)23(18(16)26)14-10-8-7-9-12(14)3/h7-10,26H,4-6,11H2,1-3H3,(H,22,24)(H,20,25,27)/b21-13-. The van der Waals surface area contributed by atoms with Gasteiger partial charge in [-0.1, -0.05) is 38.5 Å². The summed E-state index contributed by atoms with van der Waals surface area (Å²) >= 11 is 0. The van der Waals surface area contributed by atoms with Crippen molar-refractivity contribution in [3.05, 3.63) is 56.2 Å². The highest BCUT2D eigenvalue weighted by atomic mass is 16.3. The second-order valence-electron chi connectivity index (χ2n) is 6.13. The number of hydrogen-bond donors (Lipinski definition) is 3. The Kier molecular flexibility index (Phi) is 6.70. The van der Waals surface area contributed by atoms with Crippen LogP contribution < -0.4 is 16.7 Å². The zero-order chi connectivity index (χ0) is 20.0. The molecular formula is C19H24N4O4. The molecule has 0 saturated heterocycles. The van der Waals surface area contributed by atoms with Gasteiger partial charge in [0.15, 0.2) is 0 Å². The maximum Gasteiger partial charge on any atom is 0.335 e. The molecule has 8 heteroatoms. The number of nitrogens with one attached hydrogen (secondary N) is 2. The number of para-hydroxylation sites is 1. The summed E-state index contributed by atoms with van der Waals surface area (Å²) in [5.74, 6) is -0.785.